The van der Waals surface area contributed by atoms with Crippen molar-refractivity contribution >= 4 is 11.6 Å². The molecule has 0 aromatic carbocycles. The number of hydrogen-bond donors (Lipinski definition) is 0. The second-order valence-corrected chi connectivity index (χ2v) is 3.34. The van der Waals surface area contributed by atoms with Crippen molar-refractivity contribution in [3.8, 4) is 0 Å². The number of nitrogens with zero attached hydrogens (tertiary/aromatic N) is 3. The van der Waals surface area contributed by atoms with Gasteiger partial charge in [-0.15, -0.1) is 10.2 Å². The zero-order valence-corrected chi connectivity index (χ0v) is 8.81. The van der Waals surface area contributed by atoms with E-state index in [0.29, 0.717) is 5.56 Å². The third-order valence-corrected chi connectivity index (χ3v) is 2.33. The van der Waals surface area contributed by atoms with E-state index in [2.05, 4.69) is 14.9 Å². The van der Waals surface area contributed by atoms with Crippen molar-refractivity contribution in [2.24, 2.45) is 0 Å². The second-order valence-electron chi connectivity index (χ2n) is 3.34. The fourth-order valence-corrected chi connectivity index (χ4v) is 1.47. The fraction of sp³-hybridized carbons (Fsp3) is 0.300. The van der Waals surface area contributed by atoms with Crippen LogP contribution in [0.5, 0.6) is 0 Å². The predicted octanol–water partition coefficient (Wildman–Crippen LogP) is 1.13. The number of pyridine rings is 1. The number of methoxy groups -OCH3 is 1. The van der Waals surface area contributed by atoms with Crippen LogP contribution in [0, 0.1) is 13.8 Å². The molecule has 2 aromatic rings. The van der Waals surface area contributed by atoms with Crippen molar-refractivity contribution in [3.05, 3.63) is 29.2 Å². The molecule has 0 saturated carbocycles. The number of ether oxygens (including phenoxy) is 1. The van der Waals surface area contributed by atoms with Gasteiger partial charge in [-0.3, -0.25) is 4.40 Å². The van der Waals surface area contributed by atoms with Crippen LogP contribution in [0.15, 0.2) is 12.3 Å². The van der Waals surface area contributed by atoms with E-state index in [4.69, 9.17) is 0 Å². The fourth-order valence-electron chi connectivity index (χ4n) is 1.47. The monoisotopic (exact) mass is 205 g/mol. The molecular formula is C10H11N3O2. The highest BCUT2D eigenvalue weighted by atomic mass is 16.5. The average molecular weight is 205 g/mol. The molecule has 0 radical (unpaired) electrons. The number of hydrogen-bond acceptors (Lipinski definition) is 4. The van der Waals surface area contributed by atoms with Gasteiger partial charge in [0.25, 0.3) is 0 Å². The minimum Gasteiger partial charge on any atom is -0.465 e. The van der Waals surface area contributed by atoms with Gasteiger partial charge < -0.3 is 4.74 Å². The van der Waals surface area contributed by atoms with Crippen molar-refractivity contribution in [2.45, 2.75) is 13.8 Å². The first-order valence-electron chi connectivity index (χ1n) is 4.54. The second kappa shape index (κ2) is 3.34. The summed E-state index contributed by atoms with van der Waals surface area (Å²) >= 11 is 0. The van der Waals surface area contributed by atoms with Crippen LogP contribution in [-0.2, 0) is 4.74 Å². The van der Waals surface area contributed by atoms with Crippen molar-refractivity contribution in [2.75, 3.05) is 7.11 Å². The molecule has 0 bridgehead atoms. The number of esters is 1. The highest BCUT2D eigenvalue weighted by molar-refractivity contribution is 5.91. The summed E-state index contributed by atoms with van der Waals surface area (Å²) < 4.78 is 6.45. The van der Waals surface area contributed by atoms with Crippen molar-refractivity contribution in [1.29, 1.82) is 0 Å². The maximum atomic E-state index is 11.4. The van der Waals surface area contributed by atoms with Crippen LogP contribution in [0.25, 0.3) is 5.65 Å². The molecule has 0 spiro atoms. The third-order valence-electron chi connectivity index (χ3n) is 2.33. The largest absolute Gasteiger partial charge is 0.465 e. The van der Waals surface area contributed by atoms with Gasteiger partial charge in [-0.2, -0.15) is 0 Å². The zero-order chi connectivity index (χ0) is 11.0. The van der Waals surface area contributed by atoms with Crippen LogP contribution >= 0.6 is 0 Å². The Morgan fingerprint density at radius 2 is 2.13 bits per heavy atom. The summed E-state index contributed by atoms with van der Waals surface area (Å²) in [6.45, 7) is 3.67. The first-order chi connectivity index (χ1) is 7.13. The number of carbonyl (C=O) groups excluding carboxylic acids is 1. The first-order valence-corrected chi connectivity index (χ1v) is 4.54. The Kier molecular flexibility index (Phi) is 2.15. The normalized spacial score (nSPS) is 10.6. The van der Waals surface area contributed by atoms with Crippen LogP contribution in [0.1, 0.15) is 21.7 Å². The first kappa shape index (κ1) is 9.64. The Hall–Kier alpha value is -1.91. The standard InChI is InChI=1S/C10H11N3O2/c1-6-4-9-12-11-7(2)13(9)5-8(6)10(14)15-3/h4-5H,1-3H3. The number of fused-ring (bicyclic) bond motifs is 1. The molecule has 2 aromatic heterocycles. The van der Waals surface area contributed by atoms with Gasteiger partial charge >= 0.3 is 5.97 Å². The Bertz CT molecular complexity index is 531. The van der Waals surface area contributed by atoms with Gasteiger partial charge in [0, 0.05) is 6.20 Å². The Balaban J connectivity index is 2.70. The summed E-state index contributed by atoms with van der Waals surface area (Å²) in [6.07, 6.45) is 1.70. The van der Waals surface area contributed by atoms with Crippen LogP contribution < -0.4 is 0 Å². The maximum absolute atomic E-state index is 11.4. The molecular weight excluding hydrogens is 194 g/mol. The van der Waals surface area contributed by atoms with E-state index in [1.54, 1.807) is 10.6 Å². The van der Waals surface area contributed by atoms with E-state index < -0.39 is 0 Å². The molecule has 0 aliphatic carbocycles. The molecule has 78 valence electrons. The van der Waals surface area contributed by atoms with Gasteiger partial charge in [-0.1, -0.05) is 0 Å². The van der Waals surface area contributed by atoms with E-state index in [-0.39, 0.29) is 5.97 Å². The SMILES string of the molecule is COC(=O)c1cn2c(C)nnc2cc1C. The average Bonchev–Trinajstić information content (AvgIpc) is 2.58. The molecule has 0 unspecified atom stereocenters. The van der Waals surface area contributed by atoms with Gasteiger partial charge in [0.15, 0.2) is 5.65 Å². The summed E-state index contributed by atoms with van der Waals surface area (Å²) in [4.78, 5) is 11.4. The van der Waals surface area contributed by atoms with Gasteiger partial charge in [0.1, 0.15) is 5.82 Å². The van der Waals surface area contributed by atoms with E-state index in [0.717, 1.165) is 17.0 Å². The summed E-state index contributed by atoms with van der Waals surface area (Å²) in [6, 6.07) is 1.81. The molecule has 0 fully saturated rings. The molecule has 15 heavy (non-hydrogen) atoms. The number of aromatic nitrogens is 3. The number of carbonyl (C=O) groups is 1. The third kappa shape index (κ3) is 1.45. The summed E-state index contributed by atoms with van der Waals surface area (Å²) in [5.41, 5.74) is 2.10. The van der Waals surface area contributed by atoms with Gasteiger partial charge in [0.05, 0.1) is 12.7 Å². The molecule has 0 N–H and O–H groups in total. The topological polar surface area (TPSA) is 56.5 Å². The van der Waals surface area contributed by atoms with Crippen LogP contribution in [0.3, 0.4) is 0 Å². The highest BCUT2D eigenvalue weighted by Crippen LogP contribution is 2.13. The number of rotatable bonds is 1. The summed E-state index contributed by atoms with van der Waals surface area (Å²) in [7, 11) is 1.37. The minimum atomic E-state index is -0.345. The minimum absolute atomic E-state index is 0.345. The van der Waals surface area contributed by atoms with Crippen LogP contribution in [0.4, 0.5) is 0 Å². The maximum Gasteiger partial charge on any atom is 0.339 e. The van der Waals surface area contributed by atoms with Crippen molar-refractivity contribution in [1.82, 2.24) is 14.6 Å². The van der Waals surface area contributed by atoms with Crippen molar-refractivity contribution in [3.63, 3.8) is 0 Å². The van der Waals surface area contributed by atoms with E-state index in [1.807, 2.05) is 19.9 Å². The summed E-state index contributed by atoms with van der Waals surface area (Å²) in [5, 5.41) is 7.89. The molecule has 0 aliphatic heterocycles. The Morgan fingerprint density at radius 1 is 1.40 bits per heavy atom. The summed E-state index contributed by atoms with van der Waals surface area (Å²) in [5.74, 6) is 0.401. The molecule has 0 amide bonds. The molecule has 0 atom stereocenters. The van der Waals surface area contributed by atoms with Gasteiger partial charge in [-0.25, -0.2) is 4.79 Å². The molecule has 0 aliphatic rings. The van der Waals surface area contributed by atoms with Gasteiger partial charge in [0.2, 0.25) is 0 Å². The highest BCUT2D eigenvalue weighted by Gasteiger charge is 2.12. The predicted molar refractivity (Wildman–Crippen MR) is 53.8 cm³/mol. The van der Waals surface area contributed by atoms with E-state index in [9.17, 15) is 4.79 Å². The lowest BCUT2D eigenvalue weighted by Crippen LogP contribution is -2.06. The quantitative estimate of drug-likeness (QED) is 0.655. The Labute approximate surface area is 86.7 Å². The smallest absolute Gasteiger partial charge is 0.339 e. The lowest BCUT2D eigenvalue weighted by atomic mass is 10.1. The molecule has 5 heteroatoms. The lowest BCUT2D eigenvalue weighted by Gasteiger charge is -2.04. The zero-order valence-electron chi connectivity index (χ0n) is 8.81. The van der Waals surface area contributed by atoms with Crippen LogP contribution in [0.2, 0.25) is 0 Å². The van der Waals surface area contributed by atoms with E-state index >= 15 is 0 Å². The van der Waals surface area contributed by atoms with Gasteiger partial charge in [-0.05, 0) is 25.5 Å². The lowest BCUT2D eigenvalue weighted by molar-refractivity contribution is 0.0599. The van der Waals surface area contributed by atoms with E-state index in [1.165, 1.54) is 7.11 Å². The molecule has 2 rings (SSSR count). The molecule has 2 heterocycles. The molecule has 5 nitrogen and oxygen atoms in total. The molecule has 0 saturated heterocycles. The number of aryl methyl sites for hydroxylation is 2. The Morgan fingerprint density at radius 3 is 2.80 bits per heavy atom. The van der Waals surface area contributed by atoms with Crippen molar-refractivity contribution < 1.29 is 9.53 Å². The van der Waals surface area contributed by atoms with Crippen LogP contribution in [-0.4, -0.2) is 27.7 Å².